The van der Waals surface area contributed by atoms with Crippen molar-refractivity contribution in [3.63, 3.8) is 0 Å². The lowest BCUT2D eigenvalue weighted by atomic mass is 9.81. The third-order valence-corrected chi connectivity index (χ3v) is 4.14. The molecule has 0 spiro atoms. The maximum atomic E-state index is 6.03. The average molecular weight is 244 g/mol. The van der Waals surface area contributed by atoms with Gasteiger partial charge < -0.3 is 5.73 Å². The van der Waals surface area contributed by atoms with Crippen LogP contribution >= 0.6 is 23.2 Å². The molecule has 0 radical (unpaired) electrons. The number of hydrogen-bond acceptors (Lipinski definition) is 1. The molecule has 0 heterocycles. The second kappa shape index (κ2) is 3.97. The summed E-state index contributed by atoms with van der Waals surface area (Å²) in [6.07, 6.45) is 3.26. The molecule has 2 rings (SSSR count). The molecule has 1 aromatic carbocycles. The lowest BCUT2D eigenvalue weighted by Crippen LogP contribution is -2.22. The minimum absolute atomic E-state index is 0.174. The van der Waals surface area contributed by atoms with Crippen molar-refractivity contribution in [2.45, 2.75) is 37.6 Å². The molecule has 2 atom stereocenters. The lowest BCUT2D eigenvalue weighted by Gasteiger charge is -2.24. The van der Waals surface area contributed by atoms with Crippen LogP contribution in [0.2, 0.25) is 10.0 Å². The van der Waals surface area contributed by atoms with Gasteiger partial charge in [0.25, 0.3) is 0 Å². The van der Waals surface area contributed by atoms with Gasteiger partial charge in [0.05, 0.1) is 10.0 Å². The predicted octanol–water partition coefficient (Wildman–Crippen LogP) is 3.76. The van der Waals surface area contributed by atoms with E-state index in [1.807, 2.05) is 12.1 Å². The van der Waals surface area contributed by atoms with Gasteiger partial charge in [-0.2, -0.15) is 0 Å². The summed E-state index contributed by atoms with van der Waals surface area (Å²) in [7, 11) is 0. The molecule has 0 aromatic heterocycles. The summed E-state index contributed by atoms with van der Waals surface area (Å²) in [5.41, 5.74) is 7.39. The van der Waals surface area contributed by atoms with Crippen LogP contribution < -0.4 is 5.73 Å². The first-order valence-electron chi connectivity index (χ1n) is 5.22. The molecule has 3 heteroatoms. The molecule has 0 amide bonds. The first-order chi connectivity index (χ1) is 7.01. The van der Waals surface area contributed by atoms with Gasteiger partial charge in [0, 0.05) is 6.04 Å². The molecule has 1 aliphatic carbocycles. The first kappa shape index (κ1) is 11.3. The van der Waals surface area contributed by atoms with E-state index in [1.54, 1.807) is 0 Å². The van der Waals surface area contributed by atoms with Gasteiger partial charge in [0.2, 0.25) is 0 Å². The van der Waals surface area contributed by atoms with Crippen LogP contribution in [0.15, 0.2) is 18.2 Å². The number of halogens is 2. The highest BCUT2D eigenvalue weighted by Gasteiger charge is 2.34. The maximum absolute atomic E-state index is 6.03. The van der Waals surface area contributed by atoms with E-state index in [0.29, 0.717) is 16.1 Å². The van der Waals surface area contributed by atoms with Gasteiger partial charge in [-0.25, -0.2) is 0 Å². The first-order valence-corrected chi connectivity index (χ1v) is 5.98. The van der Waals surface area contributed by atoms with Crippen molar-refractivity contribution >= 4 is 23.2 Å². The second-order valence-electron chi connectivity index (χ2n) is 4.69. The van der Waals surface area contributed by atoms with E-state index >= 15 is 0 Å². The fourth-order valence-corrected chi connectivity index (χ4v) is 2.72. The SMILES string of the molecule is CC1(c2ccc(Cl)c(Cl)c2)CCC(N)C1. The van der Waals surface area contributed by atoms with Gasteiger partial charge >= 0.3 is 0 Å². The van der Waals surface area contributed by atoms with Gasteiger partial charge in [-0.1, -0.05) is 36.2 Å². The van der Waals surface area contributed by atoms with Crippen molar-refractivity contribution in [1.29, 1.82) is 0 Å². The number of nitrogens with two attached hydrogens (primary N) is 1. The highest BCUT2D eigenvalue weighted by molar-refractivity contribution is 6.42. The summed E-state index contributed by atoms with van der Waals surface area (Å²) in [5.74, 6) is 0. The third-order valence-electron chi connectivity index (χ3n) is 3.40. The van der Waals surface area contributed by atoms with E-state index in [4.69, 9.17) is 28.9 Å². The highest BCUT2D eigenvalue weighted by atomic mass is 35.5. The zero-order chi connectivity index (χ0) is 11.1. The Hall–Kier alpha value is -0.240. The maximum Gasteiger partial charge on any atom is 0.0595 e. The number of rotatable bonds is 1. The van der Waals surface area contributed by atoms with Crippen molar-refractivity contribution in [2.75, 3.05) is 0 Å². The predicted molar refractivity (Wildman–Crippen MR) is 65.6 cm³/mol. The zero-order valence-electron chi connectivity index (χ0n) is 8.76. The van der Waals surface area contributed by atoms with Gasteiger partial charge in [-0.3, -0.25) is 0 Å². The van der Waals surface area contributed by atoms with Crippen LogP contribution in [-0.4, -0.2) is 6.04 Å². The van der Waals surface area contributed by atoms with Crippen LogP contribution in [-0.2, 0) is 5.41 Å². The number of hydrogen-bond donors (Lipinski definition) is 1. The van der Waals surface area contributed by atoms with Crippen molar-refractivity contribution in [1.82, 2.24) is 0 Å². The molecule has 1 fully saturated rings. The largest absolute Gasteiger partial charge is 0.328 e. The smallest absolute Gasteiger partial charge is 0.0595 e. The highest BCUT2D eigenvalue weighted by Crippen LogP contribution is 2.41. The quantitative estimate of drug-likeness (QED) is 0.799. The van der Waals surface area contributed by atoms with E-state index in [-0.39, 0.29) is 5.41 Å². The Labute approximate surface area is 101 Å². The minimum Gasteiger partial charge on any atom is -0.328 e. The molecule has 2 N–H and O–H groups in total. The van der Waals surface area contributed by atoms with Gasteiger partial charge in [-0.05, 0) is 42.4 Å². The molecule has 1 nitrogen and oxygen atoms in total. The van der Waals surface area contributed by atoms with Crippen LogP contribution in [0.3, 0.4) is 0 Å². The molecule has 0 aliphatic heterocycles. The molecule has 15 heavy (non-hydrogen) atoms. The minimum atomic E-state index is 0.174. The molecule has 1 aromatic rings. The summed E-state index contributed by atoms with van der Waals surface area (Å²) >= 11 is 11.9. The zero-order valence-corrected chi connectivity index (χ0v) is 10.3. The van der Waals surface area contributed by atoms with Crippen LogP contribution in [0.25, 0.3) is 0 Å². The Morgan fingerprint density at radius 1 is 1.33 bits per heavy atom. The van der Waals surface area contributed by atoms with Crippen molar-refractivity contribution in [3.8, 4) is 0 Å². The Balaban J connectivity index is 2.33. The Morgan fingerprint density at radius 3 is 2.60 bits per heavy atom. The van der Waals surface area contributed by atoms with E-state index in [9.17, 15) is 0 Å². The number of benzene rings is 1. The van der Waals surface area contributed by atoms with Gasteiger partial charge in [0.1, 0.15) is 0 Å². The summed E-state index contributed by atoms with van der Waals surface area (Å²) < 4.78 is 0. The normalized spacial score (nSPS) is 30.8. The summed E-state index contributed by atoms with van der Waals surface area (Å²) in [4.78, 5) is 0. The van der Waals surface area contributed by atoms with E-state index in [2.05, 4.69) is 13.0 Å². The molecular formula is C12H15Cl2N. The third kappa shape index (κ3) is 2.15. The van der Waals surface area contributed by atoms with Gasteiger partial charge in [-0.15, -0.1) is 0 Å². The van der Waals surface area contributed by atoms with Crippen LogP contribution in [0.5, 0.6) is 0 Å². The molecule has 1 saturated carbocycles. The summed E-state index contributed by atoms with van der Waals surface area (Å²) in [6, 6.07) is 6.23. The summed E-state index contributed by atoms with van der Waals surface area (Å²) in [5, 5.41) is 1.25. The van der Waals surface area contributed by atoms with Crippen molar-refractivity contribution in [2.24, 2.45) is 5.73 Å². The van der Waals surface area contributed by atoms with Crippen LogP contribution in [0.1, 0.15) is 31.7 Å². The fraction of sp³-hybridized carbons (Fsp3) is 0.500. The molecular weight excluding hydrogens is 229 g/mol. The Kier molecular flexibility index (Phi) is 2.98. The van der Waals surface area contributed by atoms with Crippen LogP contribution in [0, 0.1) is 0 Å². The molecule has 1 aliphatic rings. The topological polar surface area (TPSA) is 26.0 Å². The standard InChI is InChI=1S/C12H15Cl2N/c1-12(5-4-9(15)7-12)8-2-3-10(13)11(14)6-8/h2-3,6,9H,4-5,7,15H2,1H3. The van der Waals surface area contributed by atoms with E-state index < -0.39 is 0 Å². The average Bonchev–Trinajstić information content (AvgIpc) is 2.52. The van der Waals surface area contributed by atoms with E-state index in [1.165, 1.54) is 5.56 Å². The summed E-state index contributed by atoms with van der Waals surface area (Å²) in [6.45, 7) is 2.25. The van der Waals surface area contributed by atoms with E-state index in [0.717, 1.165) is 19.3 Å². The molecule has 0 bridgehead atoms. The van der Waals surface area contributed by atoms with Gasteiger partial charge in [0.15, 0.2) is 0 Å². The van der Waals surface area contributed by atoms with Crippen molar-refractivity contribution < 1.29 is 0 Å². The monoisotopic (exact) mass is 243 g/mol. The molecule has 2 unspecified atom stereocenters. The molecule has 82 valence electrons. The lowest BCUT2D eigenvalue weighted by molar-refractivity contribution is 0.482. The fourth-order valence-electron chi connectivity index (χ4n) is 2.42. The van der Waals surface area contributed by atoms with Crippen LogP contribution in [0.4, 0.5) is 0 Å². The Morgan fingerprint density at radius 2 is 2.07 bits per heavy atom. The van der Waals surface area contributed by atoms with Crippen molar-refractivity contribution in [3.05, 3.63) is 33.8 Å². The molecule has 0 saturated heterocycles. The Bertz CT molecular complexity index is 378. The second-order valence-corrected chi connectivity index (χ2v) is 5.51.